The lowest BCUT2D eigenvalue weighted by molar-refractivity contribution is -0.138. The Morgan fingerprint density at radius 1 is 1.00 bits per heavy atom. The third-order valence-corrected chi connectivity index (χ3v) is 11.2. The number of nitrogens with one attached hydrogen (secondary N) is 1. The predicted octanol–water partition coefficient (Wildman–Crippen LogP) is 4.64. The maximum absolute atomic E-state index is 14.0. The average molecular weight is 636 g/mol. The van der Waals surface area contributed by atoms with E-state index in [0.29, 0.717) is 50.3 Å². The highest BCUT2D eigenvalue weighted by Crippen LogP contribution is 2.48. The second-order valence-electron chi connectivity index (χ2n) is 14.2. The average Bonchev–Trinajstić information content (AvgIpc) is 3.25. The topological polar surface area (TPSA) is 85.4 Å². The van der Waals surface area contributed by atoms with Crippen LogP contribution in [0, 0.1) is 5.41 Å². The molecule has 1 spiro atoms. The lowest BCUT2D eigenvalue weighted by Gasteiger charge is -2.41. The summed E-state index contributed by atoms with van der Waals surface area (Å²) in [6.07, 6.45) is 2.33. The van der Waals surface area contributed by atoms with Crippen molar-refractivity contribution in [3.63, 3.8) is 0 Å². The van der Waals surface area contributed by atoms with E-state index in [0.717, 1.165) is 38.2 Å². The van der Waals surface area contributed by atoms with Crippen LogP contribution >= 0.6 is 11.8 Å². The smallest absolute Gasteiger partial charge is 0.255 e. The van der Waals surface area contributed by atoms with Crippen LogP contribution in [-0.2, 0) is 9.59 Å². The van der Waals surface area contributed by atoms with Gasteiger partial charge in [-0.15, -0.1) is 11.8 Å². The molecular formula is C35H49N5O4S. The molecule has 0 radical (unpaired) electrons. The van der Waals surface area contributed by atoms with Crippen molar-refractivity contribution in [2.45, 2.75) is 62.7 Å². The first-order chi connectivity index (χ1) is 21.5. The summed E-state index contributed by atoms with van der Waals surface area (Å²) in [4.78, 5) is 49.1. The number of carbonyl (C=O) groups is 3. The Morgan fingerprint density at radius 3 is 2.42 bits per heavy atom. The summed E-state index contributed by atoms with van der Waals surface area (Å²) < 4.78 is 6.44. The zero-order valence-corrected chi connectivity index (χ0v) is 27.9. The molecule has 10 heteroatoms. The van der Waals surface area contributed by atoms with E-state index < -0.39 is 10.9 Å². The van der Waals surface area contributed by atoms with E-state index in [2.05, 4.69) is 67.2 Å². The molecule has 3 saturated heterocycles. The van der Waals surface area contributed by atoms with Gasteiger partial charge in [-0.05, 0) is 37.1 Å². The molecule has 0 saturated carbocycles. The molecule has 0 bridgehead atoms. The monoisotopic (exact) mass is 635 g/mol. The zero-order chi connectivity index (χ0) is 31.8. The highest BCUT2D eigenvalue weighted by molar-refractivity contribution is 8.01. The number of ether oxygens (including phenoxy) is 1. The van der Waals surface area contributed by atoms with E-state index in [4.69, 9.17) is 4.74 Å². The van der Waals surface area contributed by atoms with Crippen LogP contribution in [-0.4, -0.2) is 103 Å². The summed E-state index contributed by atoms with van der Waals surface area (Å²) in [6, 6.07) is 15.8. The number of likely N-dealkylation sites (N-methyl/N-ethyl adjacent to an activating group) is 1. The Morgan fingerprint density at radius 2 is 1.69 bits per heavy atom. The number of piperazine rings is 1. The maximum Gasteiger partial charge on any atom is 0.255 e. The van der Waals surface area contributed by atoms with Crippen LogP contribution in [0.25, 0.3) is 0 Å². The molecule has 1 N–H and O–H groups in total. The van der Waals surface area contributed by atoms with Crippen molar-refractivity contribution in [1.29, 1.82) is 0 Å². The van der Waals surface area contributed by atoms with Crippen molar-refractivity contribution < 1.29 is 20.5 Å². The second kappa shape index (κ2) is 12.9. The molecule has 244 valence electrons. The highest BCUT2D eigenvalue weighted by Gasteiger charge is 2.45. The Hall–Kier alpha value is -3.24. The first-order valence-corrected chi connectivity index (χ1v) is 17.3. The SMILES string of the molecule is CN1CCN(c2ccccc2C2SC(CC(=O)N3CCC4(CC3)CNC(=O)c3ccccc3O4)C(=O)N2CCC(C)(C)C)CC1.[HH]. The van der Waals surface area contributed by atoms with Gasteiger partial charge in [-0.1, -0.05) is 51.1 Å². The van der Waals surface area contributed by atoms with Gasteiger partial charge in [-0.2, -0.15) is 0 Å². The van der Waals surface area contributed by atoms with Crippen molar-refractivity contribution in [2.75, 3.05) is 64.3 Å². The standard InChI is InChI=1S/C35H47N5O4S.H2/c1-34(2,3)13-18-40-32(43)29(45-33(40)25-9-5-7-11-27(25)38-21-19-37(4)20-22-38)23-30(41)39-16-14-35(15-17-39)24-36-31(42)26-10-6-8-12-28(26)44-35;/h5-12,29,33H,13-24H2,1-4H3,(H,36,42);1H. The number of piperidine rings is 1. The molecule has 2 aromatic carbocycles. The molecule has 2 aromatic rings. The molecule has 0 aromatic heterocycles. The van der Waals surface area contributed by atoms with Gasteiger partial charge in [0.15, 0.2) is 0 Å². The zero-order valence-electron chi connectivity index (χ0n) is 27.1. The van der Waals surface area contributed by atoms with Gasteiger partial charge in [-0.25, -0.2) is 0 Å². The number of rotatable bonds is 6. The van der Waals surface area contributed by atoms with Gasteiger partial charge in [0.1, 0.15) is 16.7 Å². The Balaban J connectivity index is 0.00000417. The summed E-state index contributed by atoms with van der Waals surface area (Å²) >= 11 is 1.64. The van der Waals surface area contributed by atoms with Gasteiger partial charge in [0.25, 0.3) is 5.91 Å². The number of likely N-dealkylation sites (tertiary alicyclic amines) is 1. The van der Waals surface area contributed by atoms with Gasteiger partial charge in [0.05, 0.1) is 17.4 Å². The summed E-state index contributed by atoms with van der Waals surface area (Å²) in [5.41, 5.74) is 2.45. The fourth-order valence-corrected chi connectivity index (χ4v) is 8.26. The van der Waals surface area contributed by atoms with Crippen molar-refractivity contribution in [3.8, 4) is 5.75 Å². The number of nitrogens with zero attached hydrogens (tertiary/aromatic N) is 4. The van der Waals surface area contributed by atoms with E-state index >= 15 is 0 Å². The number of para-hydroxylation sites is 2. The van der Waals surface area contributed by atoms with Crippen molar-refractivity contribution in [3.05, 3.63) is 59.7 Å². The molecule has 2 unspecified atom stereocenters. The molecule has 0 aliphatic carbocycles. The van der Waals surface area contributed by atoms with Crippen LogP contribution in [0.5, 0.6) is 5.75 Å². The van der Waals surface area contributed by atoms with E-state index in [-0.39, 0.29) is 36.4 Å². The molecular weight excluding hydrogens is 586 g/mol. The summed E-state index contributed by atoms with van der Waals surface area (Å²) in [5.74, 6) is 0.546. The Bertz CT molecular complexity index is 1420. The third kappa shape index (κ3) is 6.97. The van der Waals surface area contributed by atoms with Crippen molar-refractivity contribution >= 4 is 35.2 Å². The number of anilines is 1. The third-order valence-electron chi connectivity index (χ3n) is 9.70. The van der Waals surface area contributed by atoms with E-state index in [1.165, 1.54) is 5.69 Å². The minimum atomic E-state index is -0.543. The minimum absolute atomic E-state index is 0. The van der Waals surface area contributed by atoms with Crippen LogP contribution in [0.4, 0.5) is 5.69 Å². The van der Waals surface area contributed by atoms with E-state index in [1.54, 1.807) is 17.8 Å². The van der Waals surface area contributed by atoms with Crippen LogP contribution in [0.1, 0.15) is 69.2 Å². The maximum atomic E-state index is 14.0. The van der Waals surface area contributed by atoms with Gasteiger partial charge in [0.2, 0.25) is 11.8 Å². The van der Waals surface area contributed by atoms with Gasteiger partial charge < -0.3 is 29.7 Å². The molecule has 4 aliphatic rings. The molecule has 3 amide bonds. The van der Waals surface area contributed by atoms with Gasteiger partial charge >= 0.3 is 0 Å². The Labute approximate surface area is 273 Å². The van der Waals surface area contributed by atoms with Crippen LogP contribution < -0.4 is 15.0 Å². The van der Waals surface area contributed by atoms with Crippen LogP contribution in [0.3, 0.4) is 0 Å². The van der Waals surface area contributed by atoms with Gasteiger partial charge in [0, 0.05) is 77.8 Å². The highest BCUT2D eigenvalue weighted by atomic mass is 32.2. The number of carbonyl (C=O) groups excluding carboxylic acids is 3. The molecule has 9 nitrogen and oxygen atoms in total. The molecule has 4 heterocycles. The molecule has 6 rings (SSSR count). The molecule has 2 atom stereocenters. The quantitative estimate of drug-likeness (QED) is 0.495. The fraction of sp³-hybridized carbons (Fsp3) is 0.571. The second-order valence-corrected chi connectivity index (χ2v) is 15.5. The number of amides is 3. The number of benzene rings is 2. The lowest BCUT2D eigenvalue weighted by Crippen LogP contribution is -2.54. The van der Waals surface area contributed by atoms with E-state index in [9.17, 15) is 14.4 Å². The number of hydrogen-bond donors (Lipinski definition) is 1. The van der Waals surface area contributed by atoms with Crippen molar-refractivity contribution in [1.82, 2.24) is 20.0 Å². The number of fused-ring (bicyclic) bond motifs is 1. The lowest BCUT2D eigenvalue weighted by atomic mass is 9.90. The minimum Gasteiger partial charge on any atom is -0.484 e. The Kier molecular flexibility index (Phi) is 9.07. The fourth-order valence-electron chi connectivity index (χ4n) is 6.76. The summed E-state index contributed by atoms with van der Waals surface area (Å²) in [5, 5.41) is 2.48. The predicted molar refractivity (Wildman–Crippen MR) is 181 cm³/mol. The van der Waals surface area contributed by atoms with Gasteiger partial charge in [-0.3, -0.25) is 14.4 Å². The molecule has 45 heavy (non-hydrogen) atoms. The van der Waals surface area contributed by atoms with Crippen LogP contribution in [0.15, 0.2) is 48.5 Å². The normalized spacial score (nSPS) is 23.9. The van der Waals surface area contributed by atoms with Crippen LogP contribution in [0.2, 0.25) is 0 Å². The molecule has 4 aliphatic heterocycles. The molecule has 3 fully saturated rings. The van der Waals surface area contributed by atoms with Crippen molar-refractivity contribution in [2.24, 2.45) is 5.41 Å². The summed E-state index contributed by atoms with van der Waals surface area (Å²) in [6.45, 7) is 12.7. The number of hydrogen-bond acceptors (Lipinski definition) is 7. The summed E-state index contributed by atoms with van der Waals surface area (Å²) in [7, 11) is 2.16. The number of thioether (sulfide) groups is 1. The largest absolute Gasteiger partial charge is 0.484 e. The van der Waals surface area contributed by atoms with E-state index in [1.807, 2.05) is 28.0 Å². The first kappa shape index (κ1) is 31.7. The first-order valence-electron chi connectivity index (χ1n) is 16.3.